The predicted octanol–water partition coefficient (Wildman–Crippen LogP) is 3.85. The molecular formula is C19H17Cl2N3O5S. The largest absolute Gasteiger partial charge is 0.478 e. The Morgan fingerprint density at radius 3 is 2.57 bits per heavy atom. The van der Waals surface area contributed by atoms with Crippen molar-refractivity contribution in [2.24, 2.45) is 0 Å². The number of carboxylic acids is 1. The van der Waals surface area contributed by atoms with E-state index in [4.69, 9.17) is 27.9 Å². The molecule has 1 aromatic carbocycles. The number of fused-ring (bicyclic) bond motifs is 1. The number of carbonyl (C=O) groups is 2. The number of anilines is 1. The summed E-state index contributed by atoms with van der Waals surface area (Å²) >= 11 is 13.0. The molecule has 11 heteroatoms. The molecule has 2 N–H and O–H groups in total. The van der Waals surface area contributed by atoms with Crippen molar-refractivity contribution in [3.05, 3.63) is 55.4 Å². The number of nitrogens with one attached hydrogen (secondary N) is 1. The fourth-order valence-corrected chi connectivity index (χ4v) is 4.41. The minimum atomic E-state index is -1.23. The Morgan fingerprint density at radius 1 is 1.30 bits per heavy atom. The third-order valence-corrected chi connectivity index (χ3v) is 5.68. The summed E-state index contributed by atoms with van der Waals surface area (Å²) in [5.41, 5.74) is -0.378. The second kappa shape index (κ2) is 9.13. The van der Waals surface area contributed by atoms with Gasteiger partial charge in [-0.25, -0.2) is 9.78 Å². The molecule has 1 unspecified atom stereocenters. The van der Waals surface area contributed by atoms with Crippen LogP contribution < -0.4 is 10.9 Å². The average Bonchev–Trinajstić information content (AvgIpc) is 3.09. The molecule has 0 radical (unpaired) electrons. The first kappa shape index (κ1) is 22.2. The van der Waals surface area contributed by atoms with E-state index in [2.05, 4.69) is 10.3 Å². The lowest BCUT2D eigenvalue weighted by atomic mass is 10.2. The fraction of sp³-hybridized carbons (Fsp3) is 0.263. The van der Waals surface area contributed by atoms with E-state index in [1.165, 1.54) is 42.2 Å². The van der Waals surface area contributed by atoms with Crippen LogP contribution in [-0.2, 0) is 16.0 Å². The second-order valence-corrected chi connectivity index (χ2v) is 8.13. The van der Waals surface area contributed by atoms with Gasteiger partial charge >= 0.3 is 5.97 Å². The molecule has 0 spiro atoms. The molecule has 0 aliphatic heterocycles. The fourth-order valence-electron chi connectivity index (χ4n) is 2.96. The molecule has 158 valence electrons. The van der Waals surface area contributed by atoms with Gasteiger partial charge in [-0.15, -0.1) is 11.3 Å². The third kappa shape index (κ3) is 4.49. The van der Waals surface area contributed by atoms with Crippen LogP contribution in [0.4, 0.5) is 5.69 Å². The number of benzene rings is 1. The highest BCUT2D eigenvalue weighted by Gasteiger charge is 2.25. The first-order chi connectivity index (χ1) is 14.2. The molecule has 0 aliphatic rings. The van der Waals surface area contributed by atoms with Crippen LogP contribution in [0.1, 0.15) is 29.1 Å². The first-order valence-electron chi connectivity index (χ1n) is 8.74. The van der Waals surface area contributed by atoms with Crippen molar-refractivity contribution >= 4 is 62.3 Å². The van der Waals surface area contributed by atoms with E-state index in [1.54, 1.807) is 0 Å². The number of carbonyl (C=O) groups excluding carboxylic acids is 1. The van der Waals surface area contributed by atoms with E-state index in [0.29, 0.717) is 26.4 Å². The lowest BCUT2D eigenvalue weighted by Crippen LogP contribution is -2.35. The summed E-state index contributed by atoms with van der Waals surface area (Å²) in [6.07, 6.45) is 0.266. The number of nitrogens with zero attached hydrogens (tertiary/aromatic N) is 2. The van der Waals surface area contributed by atoms with Crippen LogP contribution in [0.3, 0.4) is 0 Å². The maximum atomic E-state index is 13.2. The molecule has 2 heterocycles. The summed E-state index contributed by atoms with van der Waals surface area (Å²) in [6, 6.07) is 3.59. The number of ether oxygens (including phenoxy) is 1. The topological polar surface area (TPSA) is 111 Å². The van der Waals surface area contributed by atoms with E-state index in [9.17, 15) is 19.5 Å². The molecule has 0 saturated carbocycles. The standard InChI is InChI=1S/C19H17Cl2N3O5S/c1-9(16(25)22-12-6-10(20)5-11(21)7-12)24-14(3-4-29-2)23-17-15(18(24)26)13(8-30-17)19(27)28/h5-9H,3-4H2,1-2H3,(H,22,25)(H,27,28). The molecular weight excluding hydrogens is 453 g/mol. The normalized spacial score (nSPS) is 12.1. The number of amides is 1. The number of thiophene rings is 1. The minimum Gasteiger partial charge on any atom is -0.478 e. The van der Waals surface area contributed by atoms with Crippen molar-refractivity contribution in [1.82, 2.24) is 9.55 Å². The highest BCUT2D eigenvalue weighted by atomic mass is 35.5. The summed E-state index contributed by atoms with van der Waals surface area (Å²) in [5, 5.41) is 14.1. The molecule has 0 aliphatic carbocycles. The monoisotopic (exact) mass is 469 g/mol. The first-order valence-corrected chi connectivity index (χ1v) is 10.4. The van der Waals surface area contributed by atoms with Crippen molar-refractivity contribution in [2.45, 2.75) is 19.4 Å². The van der Waals surface area contributed by atoms with Crippen LogP contribution in [0.25, 0.3) is 10.2 Å². The lowest BCUT2D eigenvalue weighted by Gasteiger charge is -2.19. The van der Waals surface area contributed by atoms with Gasteiger partial charge in [-0.1, -0.05) is 23.2 Å². The second-order valence-electron chi connectivity index (χ2n) is 6.40. The van der Waals surface area contributed by atoms with Crippen LogP contribution >= 0.6 is 34.5 Å². The third-order valence-electron chi connectivity index (χ3n) is 4.37. The van der Waals surface area contributed by atoms with Gasteiger partial charge in [-0.2, -0.15) is 0 Å². The molecule has 30 heavy (non-hydrogen) atoms. The van der Waals surface area contributed by atoms with Crippen LogP contribution in [0, 0.1) is 0 Å². The van der Waals surface area contributed by atoms with Crippen molar-refractivity contribution < 1.29 is 19.4 Å². The summed E-state index contributed by atoms with van der Waals surface area (Å²) in [4.78, 5) is 42.3. The SMILES string of the molecule is COCCc1nc2scc(C(=O)O)c2c(=O)n1C(C)C(=O)Nc1cc(Cl)cc(Cl)c1. The van der Waals surface area contributed by atoms with Crippen molar-refractivity contribution in [3.63, 3.8) is 0 Å². The van der Waals surface area contributed by atoms with E-state index in [-0.39, 0.29) is 24.0 Å². The highest BCUT2D eigenvalue weighted by Crippen LogP contribution is 2.25. The number of hydrogen-bond donors (Lipinski definition) is 2. The highest BCUT2D eigenvalue weighted by molar-refractivity contribution is 7.17. The van der Waals surface area contributed by atoms with Crippen LogP contribution in [0.15, 0.2) is 28.4 Å². The van der Waals surface area contributed by atoms with Gasteiger partial charge < -0.3 is 15.2 Å². The molecule has 1 atom stereocenters. The number of carboxylic acid groups (broad SMARTS) is 1. The van der Waals surface area contributed by atoms with Gasteiger partial charge in [-0.05, 0) is 25.1 Å². The number of rotatable bonds is 7. The lowest BCUT2D eigenvalue weighted by molar-refractivity contribution is -0.119. The molecule has 0 bridgehead atoms. The zero-order valence-electron chi connectivity index (χ0n) is 15.9. The van der Waals surface area contributed by atoms with Gasteiger partial charge in [0.25, 0.3) is 5.56 Å². The Hall–Kier alpha value is -2.46. The maximum Gasteiger partial charge on any atom is 0.337 e. The summed E-state index contributed by atoms with van der Waals surface area (Å²) in [7, 11) is 1.51. The number of methoxy groups -OCH3 is 1. The summed E-state index contributed by atoms with van der Waals surface area (Å²) < 4.78 is 6.28. The Labute approximate surface area is 185 Å². The number of hydrogen-bond acceptors (Lipinski definition) is 6. The van der Waals surface area contributed by atoms with E-state index >= 15 is 0 Å². The zero-order valence-corrected chi connectivity index (χ0v) is 18.3. The maximum absolute atomic E-state index is 13.2. The van der Waals surface area contributed by atoms with Gasteiger partial charge in [0.2, 0.25) is 5.91 Å². The van der Waals surface area contributed by atoms with Crippen LogP contribution in [-0.4, -0.2) is 40.3 Å². The number of halogens is 2. The number of aromatic carboxylic acids is 1. The Bertz CT molecular complexity index is 1170. The summed E-state index contributed by atoms with van der Waals surface area (Å²) in [5.74, 6) is -1.43. The Morgan fingerprint density at radius 2 is 1.97 bits per heavy atom. The summed E-state index contributed by atoms with van der Waals surface area (Å²) in [6.45, 7) is 1.80. The van der Waals surface area contributed by atoms with Gasteiger partial charge in [0, 0.05) is 34.6 Å². The van der Waals surface area contributed by atoms with Crippen molar-refractivity contribution in [2.75, 3.05) is 19.0 Å². The minimum absolute atomic E-state index is 0.0286. The van der Waals surface area contributed by atoms with Gasteiger partial charge in [0.1, 0.15) is 16.7 Å². The van der Waals surface area contributed by atoms with E-state index < -0.39 is 23.5 Å². The Balaban J connectivity index is 2.07. The predicted molar refractivity (Wildman–Crippen MR) is 116 cm³/mol. The zero-order chi connectivity index (χ0) is 22.0. The smallest absolute Gasteiger partial charge is 0.337 e. The molecule has 2 aromatic heterocycles. The molecule has 3 aromatic rings. The van der Waals surface area contributed by atoms with Crippen molar-refractivity contribution in [1.29, 1.82) is 0 Å². The molecule has 0 fully saturated rings. The van der Waals surface area contributed by atoms with Gasteiger partial charge in [0.15, 0.2) is 0 Å². The number of aromatic nitrogens is 2. The van der Waals surface area contributed by atoms with E-state index in [1.807, 2.05) is 0 Å². The van der Waals surface area contributed by atoms with Gasteiger partial charge in [0.05, 0.1) is 17.6 Å². The molecule has 0 saturated heterocycles. The van der Waals surface area contributed by atoms with Crippen LogP contribution in [0.5, 0.6) is 0 Å². The average molecular weight is 470 g/mol. The van der Waals surface area contributed by atoms with Crippen molar-refractivity contribution in [3.8, 4) is 0 Å². The Kier molecular flexibility index (Phi) is 6.77. The molecule has 8 nitrogen and oxygen atoms in total. The van der Waals surface area contributed by atoms with E-state index in [0.717, 1.165) is 11.3 Å². The molecule has 3 rings (SSSR count). The quantitative estimate of drug-likeness (QED) is 0.543. The molecule has 1 amide bonds. The van der Waals surface area contributed by atoms with Gasteiger partial charge in [-0.3, -0.25) is 14.2 Å². The van der Waals surface area contributed by atoms with Crippen LogP contribution in [0.2, 0.25) is 10.0 Å².